The minimum Gasteiger partial charge on any atom is -0.275 e. The molecule has 8 heteroatoms. The maximum Gasteiger partial charge on any atom is 0.271 e. The van der Waals surface area contributed by atoms with E-state index in [1.807, 2.05) is 0 Å². The number of aromatic nitrogens is 3. The highest BCUT2D eigenvalue weighted by Gasteiger charge is 2.17. The molecule has 0 unspecified atom stereocenters. The van der Waals surface area contributed by atoms with Gasteiger partial charge in [0.1, 0.15) is 10.0 Å². The quantitative estimate of drug-likeness (QED) is 0.800. The molecule has 3 aromatic rings. The van der Waals surface area contributed by atoms with Crippen LogP contribution >= 0.6 is 11.3 Å². The Balaban J connectivity index is 2.07. The van der Waals surface area contributed by atoms with E-state index in [1.54, 1.807) is 47.3 Å². The van der Waals surface area contributed by atoms with Crippen LogP contribution in [0.25, 0.3) is 5.65 Å². The summed E-state index contributed by atoms with van der Waals surface area (Å²) in [5, 5.41) is 5.86. The molecular formula is C11H10N4O2S2. The van der Waals surface area contributed by atoms with E-state index in [0.717, 1.165) is 0 Å². The monoisotopic (exact) mass is 294 g/mol. The molecule has 98 valence electrons. The lowest BCUT2D eigenvalue weighted by Crippen LogP contribution is -2.12. The first-order valence-corrected chi connectivity index (χ1v) is 7.81. The molecule has 1 N–H and O–H groups in total. The Labute approximate surface area is 113 Å². The van der Waals surface area contributed by atoms with Crippen molar-refractivity contribution in [3.8, 4) is 0 Å². The second kappa shape index (κ2) is 4.32. The summed E-state index contributed by atoms with van der Waals surface area (Å²) in [4.78, 5) is 4.21. The fourth-order valence-electron chi connectivity index (χ4n) is 1.70. The Morgan fingerprint density at radius 2 is 2.16 bits per heavy atom. The van der Waals surface area contributed by atoms with Crippen LogP contribution in [0, 0.1) is 6.92 Å². The van der Waals surface area contributed by atoms with Gasteiger partial charge in [0.05, 0.1) is 5.69 Å². The van der Waals surface area contributed by atoms with Gasteiger partial charge >= 0.3 is 0 Å². The van der Waals surface area contributed by atoms with Crippen molar-refractivity contribution in [2.75, 3.05) is 4.72 Å². The molecule has 3 aromatic heterocycles. The Hall–Kier alpha value is -1.93. The van der Waals surface area contributed by atoms with Crippen LogP contribution in [0.1, 0.15) is 5.82 Å². The standard InChI is InChI=1S/C11H10N4O2S2/c1-8-12-11-9(4-2-6-15(11)13-8)14-19(16,17)10-5-3-7-18-10/h2-7,14H,1H3. The van der Waals surface area contributed by atoms with Gasteiger partial charge in [-0.1, -0.05) is 6.07 Å². The van der Waals surface area contributed by atoms with Crippen molar-refractivity contribution in [1.82, 2.24) is 14.6 Å². The van der Waals surface area contributed by atoms with E-state index in [9.17, 15) is 8.42 Å². The first kappa shape index (κ1) is 12.1. The van der Waals surface area contributed by atoms with Crippen LogP contribution in [-0.4, -0.2) is 23.0 Å². The summed E-state index contributed by atoms with van der Waals surface area (Å²) in [5.41, 5.74) is 0.900. The zero-order valence-corrected chi connectivity index (χ0v) is 11.6. The zero-order valence-electron chi connectivity index (χ0n) is 9.94. The molecule has 0 aliphatic heterocycles. The molecule has 0 bridgehead atoms. The van der Waals surface area contributed by atoms with Crippen LogP contribution < -0.4 is 4.72 Å². The average molecular weight is 294 g/mol. The average Bonchev–Trinajstić information content (AvgIpc) is 2.96. The summed E-state index contributed by atoms with van der Waals surface area (Å²) >= 11 is 1.17. The van der Waals surface area contributed by atoms with Crippen molar-refractivity contribution in [3.63, 3.8) is 0 Å². The molecule has 3 rings (SSSR count). The molecule has 0 radical (unpaired) electrons. The number of hydrogen-bond acceptors (Lipinski definition) is 5. The highest BCUT2D eigenvalue weighted by atomic mass is 32.2. The summed E-state index contributed by atoms with van der Waals surface area (Å²) < 4.78 is 28.7. The number of thiophene rings is 1. The number of nitrogens with zero attached hydrogens (tertiary/aromatic N) is 3. The molecule has 0 fully saturated rings. The Kier molecular flexibility index (Phi) is 2.76. The fourth-order valence-corrected chi connectivity index (χ4v) is 3.76. The highest BCUT2D eigenvalue weighted by Crippen LogP contribution is 2.22. The number of pyridine rings is 1. The topological polar surface area (TPSA) is 76.4 Å². The molecule has 3 heterocycles. The van der Waals surface area contributed by atoms with Crippen LogP contribution in [0.4, 0.5) is 5.69 Å². The normalized spacial score (nSPS) is 11.8. The van der Waals surface area contributed by atoms with Gasteiger partial charge in [0.15, 0.2) is 5.65 Å². The van der Waals surface area contributed by atoms with Crippen molar-refractivity contribution >= 4 is 32.7 Å². The van der Waals surface area contributed by atoms with Crippen LogP contribution in [-0.2, 0) is 10.0 Å². The molecule has 0 aliphatic rings. The molecule has 6 nitrogen and oxygen atoms in total. The van der Waals surface area contributed by atoms with E-state index in [1.165, 1.54) is 11.3 Å². The van der Waals surface area contributed by atoms with E-state index in [0.29, 0.717) is 17.2 Å². The van der Waals surface area contributed by atoms with Crippen molar-refractivity contribution < 1.29 is 8.42 Å². The first-order valence-electron chi connectivity index (χ1n) is 5.44. The van der Waals surface area contributed by atoms with Crippen molar-refractivity contribution in [3.05, 3.63) is 41.7 Å². The van der Waals surface area contributed by atoms with Gasteiger partial charge in [0.2, 0.25) is 0 Å². The lowest BCUT2D eigenvalue weighted by atomic mass is 10.4. The Bertz CT molecular complexity index is 822. The molecule has 0 atom stereocenters. The molecule has 0 saturated carbocycles. The number of nitrogens with one attached hydrogen (secondary N) is 1. The minimum absolute atomic E-state index is 0.269. The smallest absolute Gasteiger partial charge is 0.271 e. The number of fused-ring (bicyclic) bond motifs is 1. The van der Waals surface area contributed by atoms with Crippen molar-refractivity contribution in [1.29, 1.82) is 0 Å². The van der Waals surface area contributed by atoms with Crippen LogP contribution in [0.2, 0.25) is 0 Å². The predicted molar refractivity (Wildman–Crippen MR) is 72.9 cm³/mol. The molecular weight excluding hydrogens is 284 g/mol. The van der Waals surface area contributed by atoms with Crippen molar-refractivity contribution in [2.24, 2.45) is 0 Å². The van der Waals surface area contributed by atoms with Gasteiger partial charge in [-0.3, -0.25) is 4.72 Å². The summed E-state index contributed by atoms with van der Waals surface area (Å²) in [5.74, 6) is 0.586. The highest BCUT2D eigenvalue weighted by molar-refractivity contribution is 7.94. The maximum absolute atomic E-state index is 12.2. The summed E-state index contributed by atoms with van der Waals surface area (Å²) in [6.07, 6.45) is 1.72. The molecule has 0 aliphatic carbocycles. The van der Waals surface area contributed by atoms with E-state index in [2.05, 4.69) is 14.8 Å². The number of aryl methyl sites for hydroxylation is 1. The Morgan fingerprint density at radius 1 is 1.32 bits per heavy atom. The first-order chi connectivity index (χ1) is 9.06. The van der Waals surface area contributed by atoms with E-state index >= 15 is 0 Å². The third kappa shape index (κ3) is 2.20. The number of rotatable bonds is 3. The molecule has 0 saturated heterocycles. The molecule has 0 aromatic carbocycles. The third-order valence-corrected chi connectivity index (χ3v) is 5.24. The Morgan fingerprint density at radius 3 is 2.89 bits per heavy atom. The number of anilines is 1. The molecule has 19 heavy (non-hydrogen) atoms. The van der Waals surface area contributed by atoms with Gasteiger partial charge in [0.25, 0.3) is 10.0 Å². The van der Waals surface area contributed by atoms with Gasteiger partial charge in [-0.15, -0.1) is 11.3 Å². The van der Waals surface area contributed by atoms with E-state index < -0.39 is 10.0 Å². The lowest BCUT2D eigenvalue weighted by molar-refractivity contribution is 0.603. The van der Waals surface area contributed by atoms with Gasteiger partial charge in [-0.25, -0.2) is 17.9 Å². The van der Waals surface area contributed by atoms with Gasteiger partial charge in [-0.05, 0) is 30.5 Å². The van der Waals surface area contributed by atoms with Gasteiger partial charge in [-0.2, -0.15) is 5.10 Å². The van der Waals surface area contributed by atoms with Crippen LogP contribution in [0.3, 0.4) is 0 Å². The summed E-state index contributed by atoms with van der Waals surface area (Å²) in [6.45, 7) is 1.75. The largest absolute Gasteiger partial charge is 0.275 e. The van der Waals surface area contributed by atoms with Gasteiger partial charge < -0.3 is 0 Å². The lowest BCUT2D eigenvalue weighted by Gasteiger charge is -2.06. The summed E-state index contributed by atoms with van der Waals surface area (Å²) in [7, 11) is -3.56. The zero-order chi connectivity index (χ0) is 13.5. The van der Waals surface area contributed by atoms with Crippen LogP contribution in [0.15, 0.2) is 40.1 Å². The maximum atomic E-state index is 12.2. The fraction of sp³-hybridized carbons (Fsp3) is 0.0909. The van der Waals surface area contributed by atoms with Gasteiger partial charge in [0, 0.05) is 6.20 Å². The minimum atomic E-state index is -3.56. The van der Waals surface area contributed by atoms with E-state index in [-0.39, 0.29) is 4.21 Å². The van der Waals surface area contributed by atoms with E-state index in [4.69, 9.17) is 0 Å². The third-order valence-electron chi connectivity index (χ3n) is 2.47. The number of hydrogen-bond donors (Lipinski definition) is 1. The van der Waals surface area contributed by atoms with Crippen molar-refractivity contribution in [2.45, 2.75) is 11.1 Å². The predicted octanol–water partition coefficient (Wildman–Crippen LogP) is 1.90. The molecule has 0 amide bonds. The van der Waals surface area contributed by atoms with Crippen LogP contribution in [0.5, 0.6) is 0 Å². The summed E-state index contributed by atoms with van der Waals surface area (Å²) in [6, 6.07) is 6.63. The second-order valence-corrected chi connectivity index (χ2v) is 6.74. The second-order valence-electron chi connectivity index (χ2n) is 3.89. The number of sulfonamides is 1. The SMILES string of the molecule is Cc1nc2c(NS(=O)(=O)c3cccs3)cccn2n1. The molecule has 0 spiro atoms.